The molecular weight excluding hydrogens is 397 g/mol. The van der Waals surface area contributed by atoms with Crippen LogP contribution in [0.1, 0.15) is 21.5 Å². The highest BCUT2D eigenvalue weighted by atomic mass is 35.5. The molecule has 0 unspecified atom stereocenters. The number of benzene rings is 3. The molecule has 0 heterocycles. The summed E-state index contributed by atoms with van der Waals surface area (Å²) in [4.78, 5) is 24.9. The highest BCUT2D eigenvalue weighted by Gasteiger charge is 2.17. The fourth-order valence-electron chi connectivity index (χ4n) is 2.62. The third-order valence-corrected chi connectivity index (χ3v) is 4.74. The van der Waals surface area contributed by atoms with Crippen molar-refractivity contribution in [2.24, 2.45) is 0 Å². The van der Waals surface area contributed by atoms with E-state index in [2.05, 4.69) is 5.32 Å². The predicted molar refractivity (Wildman–Crippen MR) is 110 cm³/mol. The number of hydrogen-bond donors (Lipinski definition) is 1. The van der Waals surface area contributed by atoms with Gasteiger partial charge in [-0.25, -0.2) is 0 Å². The van der Waals surface area contributed by atoms with Crippen LogP contribution in [0.4, 0.5) is 0 Å². The molecule has 0 spiro atoms. The summed E-state index contributed by atoms with van der Waals surface area (Å²) in [6.45, 7) is 0.372. The van der Waals surface area contributed by atoms with Crippen LogP contribution in [0.3, 0.4) is 0 Å². The van der Waals surface area contributed by atoms with Gasteiger partial charge in [-0.1, -0.05) is 71.7 Å². The van der Waals surface area contributed by atoms with E-state index in [0.29, 0.717) is 22.2 Å². The summed E-state index contributed by atoms with van der Waals surface area (Å²) in [6.07, 6.45) is -0.0987. The molecule has 0 radical (unpaired) electrons. The molecular formula is C22H17Cl2NO3. The third kappa shape index (κ3) is 5.12. The molecule has 142 valence electrons. The smallest absolute Gasteiger partial charge is 0.315 e. The van der Waals surface area contributed by atoms with E-state index in [1.807, 2.05) is 30.3 Å². The average Bonchev–Trinajstić information content (AvgIpc) is 2.70. The summed E-state index contributed by atoms with van der Waals surface area (Å²) < 4.78 is 5.42. The Morgan fingerprint density at radius 2 is 1.46 bits per heavy atom. The van der Waals surface area contributed by atoms with Gasteiger partial charge in [0.2, 0.25) is 0 Å². The van der Waals surface area contributed by atoms with Crippen LogP contribution < -0.4 is 10.1 Å². The fourth-order valence-corrected chi connectivity index (χ4v) is 3.15. The van der Waals surface area contributed by atoms with Crippen molar-refractivity contribution >= 4 is 35.1 Å². The van der Waals surface area contributed by atoms with Crippen molar-refractivity contribution in [3.63, 3.8) is 0 Å². The maximum atomic E-state index is 12.5. The predicted octanol–water partition coefficient (Wildman–Crippen LogP) is 5.07. The first-order chi connectivity index (χ1) is 13.5. The Bertz CT molecular complexity index is 970. The van der Waals surface area contributed by atoms with E-state index >= 15 is 0 Å². The summed E-state index contributed by atoms with van der Waals surface area (Å²) in [7, 11) is 0. The van der Waals surface area contributed by atoms with E-state index in [0.717, 1.165) is 5.56 Å². The molecule has 3 aromatic rings. The van der Waals surface area contributed by atoms with Crippen LogP contribution in [0.5, 0.6) is 5.75 Å². The molecule has 0 fully saturated rings. The van der Waals surface area contributed by atoms with Crippen LogP contribution in [0, 0.1) is 0 Å². The minimum absolute atomic E-state index is 0.0987. The first-order valence-electron chi connectivity index (χ1n) is 8.59. The van der Waals surface area contributed by atoms with Gasteiger partial charge >= 0.3 is 5.97 Å². The summed E-state index contributed by atoms with van der Waals surface area (Å²) in [5, 5.41) is 3.60. The molecule has 0 bridgehead atoms. The van der Waals surface area contributed by atoms with Gasteiger partial charge in [-0.05, 0) is 29.8 Å². The van der Waals surface area contributed by atoms with Gasteiger partial charge in [0.25, 0.3) is 5.91 Å². The number of esters is 1. The Kier molecular flexibility index (Phi) is 6.69. The lowest BCUT2D eigenvalue weighted by atomic mass is 10.1. The van der Waals surface area contributed by atoms with Gasteiger partial charge in [-0.15, -0.1) is 0 Å². The molecule has 28 heavy (non-hydrogen) atoms. The molecule has 0 saturated heterocycles. The van der Waals surface area contributed by atoms with E-state index in [4.69, 9.17) is 27.9 Å². The second-order valence-electron chi connectivity index (χ2n) is 6.02. The monoisotopic (exact) mass is 413 g/mol. The Morgan fingerprint density at radius 3 is 2.18 bits per heavy atom. The number of halogens is 2. The molecule has 3 aromatic carbocycles. The number of hydrogen-bond acceptors (Lipinski definition) is 3. The quantitative estimate of drug-likeness (QED) is 0.453. The zero-order chi connectivity index (χ0) is 19.9. The molecule has 0 saturated carbocycles. The third-order valence-electron chi connectivity index (χ3n) is 4.03. The van der Waals surface area contributed by atoms with Gasteiger partial charge in [-0.2, -0.15) is 0 Å². The molecule has 1 amide bonds. The largest absolute Gasteiger partial charge is 0.425 e. The van der Waals surface area contributed by atoms with Gasteiger partial charge in [0.15, 0.2) is 0 Å². The SMILES string of the molecule is O=C(Cc1c(Cl)cccc1Cl)Oc1ccccc1C(=O)NCc1ccccc1. The minimum Gasteiger partial charge on any atom is -0.425 e. The van der Waals surface area contributed by atoms with Crippen molar-refractivity contribution in [2.75, 3.05) is 0 Å². The standard InChI is InChI=1S/C22H17Cl2NO3/c23-18-10-6-11-19(24)17(18)13-21(26)28-20-12-5-4-9-16(20)22(27)25-14-15-7-2-1-3-8-15/h1-12H,13-14H2,(H,25,27). The lowest BCUT2D eigenvalue weighted by molar-refractivity contribution is -0.133. The molecule has 3 rings (SSSR count). The van der Waals surface area contributed by atoms with E-state index in [-0.39, 0.29) is 23.6 Å². The highest BCUT2D eigenvalue weighted by molar-refractivity contribution is 6.36. The topological polar surface area (TPSA) is 55.4 Å². The van der Waals surface area contributed by atoms with Crippen molar-refractivity contribution in [3.8, 4) is 5.75 Å². The molecule has 0 aliphatic rings. The second-order valence-corrected chi connectivity index (χ2v) is 6.83. The van der Waals surface area contributed by atoms with Gasteiger partial charge in [0.05, 0.1) is 12.0 Å². The highest BCUT2D eigenvalue weighted by Crippen LogP contribution is 2.26. The Hall–Kier alpha value is -2.82. The fraction of sp³-hybridized carbons (Fsp3) is 0.0909. The Balaban J connectivity index is 1.69. The number of para-hydroxylation sites is 1. The molecule has 0 atom stereocenters. The molecule has 0 aliphatic carbocycles. The number of carbonyl (C=O) groups is 2. The first-order valence-corrected chi connectivity index (χ1v) is 9.35. The van der Waals surface area contributed by atoms with Crippen molar-refractivity contribution in [2.45, 2.75) is 13.0 Å². The van der Waals surface area contributed by atoms with Crippen molar-refractivity contribution in [1.29, 1.82) is 0 Å². The molecule has 0 aromatic heterocycles. The molecule has 1 N–H and O–H groups in total. The zero-order valence-corrected chi connectivity index (χ0v) is 16.3. The van der Waals surface area contributed by atoms with Crippen LogP contribution in [-0.4, -0.2) is 11.9 Å². The average molecular weight is 414 g/mol. The summed E-state index contributed by atoms with van der Waals surface area (Å²) >= 11 is 12.2. The first kappa shape index (κ1) is 19.9. The van der Waals surface area contributed by atoms with Crippen LogP contribution >= 0.6 is 23.2 Å². The Labute approximate surface area is 173 Å². The van der Waals surface area contributed by atoms with Crippen LogP contribution in [-0.2, 0) is 17.8 Å². The number of carbonyl (C=O) groups excluding carboxylic acids is 2. The van der Waals surface area contributed by atoms with Gasteiger partial charge in [-0.3, -0.25) is 9.59 Å². The van der Waals surface area contributed by atoms with Crippen LogP contribution in [0.2, 0.25) is 10.0 Å². The number of ether oxygens (including phenoxy) is 1. The van der Waals surface area contributed by atoms with Crippen LogP contribution in [0.15, 0.2) is 72.8 Å². The zero-order valence-electron chi connectivity index (χ0n) is 14.8. The number of rotatable bonds is 6. The van der Waals surface area contributed by atoms with E-state index in [1.165, 1.54) is 0 Å². The number of amides is 1. The maximum Gasteiger partial charge on any atom is 0.315 e. The summed E-state index contributed by atoms with van der Waals surface area (Å²) in [5.41, 5.74) is 1.73. The summed E-state index contributed by atoms with van der Waals surface area (Å²) in [5.74, 6) is -0.706. The van der Waals surface area contributed by atoms with E-state index < -0.39 is 5.97 Å². The molecule has 6 heteroatoms. The van der Waals surface area contributed by atoms with E-state index in [1.54, 1.807) is 42.5 Å². The Morgan fingerprint density at radius 1 is 0.821 bits per heavy atom. The molecule has 4 nitrogen and oxygen atoms in total. The van der Waals surface area contributed by atoms with Gasteiger partial charge in [0.1, 0.15) is 5.75 Å². The van der Waals surface area contributed by atoms with Gasteiger partial charge < -0.3 is 10.1 Å². The van der Waals surface area contributed by atoms with Crippen LogP contribution in [0.25, 0.3) is 0 Å². The van der Waals surface area contributed by atoms with E-state index in [9.17, 15) is 9.59 Å². The van der Waals surface area contributed by atoms with Crippen molar-refractivity contribution in [3.05, 3.63) is 99.5 Å². The lowest BCUT2D eigenvalue weighted by Crippen LogP contribution is -2.24. The minimum atomic E-state index is -0.557. The lowest BCUT2D eigenvalue weighted by Gasteiger charge is -2.11. The summed E-state index contributed by atoms with van der Waals surface area (Å²) in [6, 6.07) is 21.1. The molecule has 0 aliphatic heterocycles. The van der Waals surface area contributed by atoms with Crippen molar-refractivity contribution < 1.29 is 14.3 Å². The van der Waals surface area contributed by atoms with Gasteiger partial charge in [0, 0.05) is 22.2 Å². The normalized spacial score (nSPS) is 10.4. The second kappa shape index (κ2) is 9.40. The van der Waals surface area contributed by atoms with Crippen molar-refractivity contribution in [1.82, 2.24) is 5.32 Å². The maximum absolute atomic E-state index is 12.5. The number of nitrogens with one attached hydrogen (secondary N) is 1.